The Hall–Kier alpha value is -2.52. The van der Waals surface area contributed by atoms with Crippen LogP contribution in [0.5, 0.6) is 5.75 Å². The van der Waals surface area contributed by atoms with E-state index in [1.807, 2.05) is 44.2 Å². The number of pyridine rings is 1. The fourth-order valence-electron chi connectivity index (χ4n) is 2.17. The Morgan fingerprint density at radius 2 is 2.04 bits per heavy atom. The number of nitrogens with one attached hydrogen (secondary N) is 1. The Morgan fingerprint density at radius 1 is 1.33 bits per heavy atom. The topological polar surface area (TPSA) is 75.0 Å². The van der Waals surface area contributed by atoms with Gasteiger partial charge >= 0.3 is 0 Å². The molecule has 0 atom stereocenters. The molecule has 5 nitrogen and oxygen atoms in total. The number of rotatable bonds is 6. The molecular weight excluding hydrogens is 322 g/mol. The minimum absolute atomic E-state index is 0.0966. The Morgan fingerprint density at radius 3 is 2.67 bits per heavy atom. The van der Waals surface area contributed by atoms with Crippen LogP contribution in [0.3, 0.4) is 0 Å². The molecule has 0 aliphatic carbocycles. The van der Waals surface area contributed by atoms with Gasteiger partial charge in [-0.05, 0) is 43.2 Å². The van der Waals surface area contributed by atoms with Gasteiger partial charge in [0.15, 0.2) is 0 Å². The molecule has 0 saturated heterocycles. The molecule has 1 N–H and O–H groups in total. The second-order valence-corrected chi connectivity index (χ2v) is 6.25. The molecule has 1 aromatic heterocycles. The number of aromatic nitrogens is 1. The highest BCUT2D eigenvalue weighted by molar-refractivity contribution is 8.00. The standard InChI is InChI=1S/C18H19N3O2S/c1-12-8-13(2)21-18(16(12)9-19)24-11-17(22)20-10-14-4-6-15(23-3)7-5-14/h4-8H,10-11H2,1-3H3,(H,20,22). The van der Waals surface area contributed by atoms with Crippen LogP contribution in [0.2, 0.25) is 0 Å². The molecule has 6 heteroatoms. The minimum Gasteiger partial charge on any atom is -0.497 e. The summed E-state index contributed by atoms with van der Waals surface area (Å²) in [5, 5.41) is 12.7. The van der Waals surface area contributed by atoms with Crippen molar-refractivity contribution >= 4 is 17.7 Å². The second kappa shape index (κ2) is 8.37. The number of thioether (sulfide) groups is 1. The van der Waals surface area contributed by atoms with Gasteiger partial charge in [0.25, 0.3) is 0 Å². The van der Waals surface area contributed by atoms with E-state index in [9.17, 15) is 10.1 Å². The van der Waals surface area contributed by atoms with Crippen LogP contribution in [-0.4, -0.2) is 23.8 Å². The third-order valence-corrected chi connectivity index (χ3v) is 4.39. The summed E-state index contributed by atoms with van der Waals surface area (Å²) in [6.07, 6.45) is 0. The molecule has 1 amide bonds. The molecule has 0 saturated carbocycles. The first-order chi connectivity index (χ1) is 11.5. The quantitative estimate of drug-likeness (QED) is 0.818. The van der Waals surface area contributed by atoms with Gasteiger partial charge in [-0.1, -0.05) is 23.9 Å². The first-order valence-electron chi connectivity index (χ1n) is 7.44. The third-order valence-electron chi connectivity index (χ3n) is 3.41. The molecule has 1 heterocycles. The first-order valence-corrected chi connectivity index (χ1v) is 8.43. The zero-order chi connectivity index (χ0) is 17.5. The number of benzene rings is 1. The first kappa shape index (κ1) is 17.8. The Bertz CT molecular complexity index is 767. The van der Waals surface area contributed by atoms with Gasteiger partial charge in [0.2, 0.25) is 5.91 Å². The number of carbonyl (C=O) groups is 1. The van der Waals surface area contributed by atoms with Gasteiger partial charge in [0.1, 0.15) is 16.8 Å². The van der Waals surface area contributed by atoms with E-state index in [1.54, 1.807) is 7.11 Å². The summed E-state index contributed by atoms with van der Waals surface area (Å²) in [5.74, 6) is 0.909. The van der Waals surface area contributed by atoms with Gasteiger partial charge in [-0.25, -0.2) is 4.98 Å². The molecule has 0 bridgehead atoms. The van der Waals surface area contributed by atoms with Crippen molar-refractivity contribution in [1.29, 1.82) is 5.26 Å². The molecule has 0 aliphatic heterocycles. The maximum Gasteiger partial charge on any atom is 0.230 e. The van der Waals surface area contributed by atoms with Crippen LogP contribution in [0.1, 0.15) is 22.4 Å². The summed E-state index contributed by atoms with van der Waals surface area (Å²) in [6.45, 7) is 4.21. The Balaban J connectivity index is 1.90. The third kappa shape index (κ3) is 4.74. The maximum atomic E-state index is 12.0. The summed E-state index contributed by atoms with van der Waals surface area (Å²) in [7, 11) is 1.62. The SMILES string of the molecule is COc1ccc(CNC(=O)CSc2nc(C)cc(C)c2C#N)cc1. The van der Waals surface area contributed by atoms with Crippen LogP contribution in [-0.2, 0) is 11.3 Å². The number of carbonyl (C=O) groups excluding carboxylic acids is 1. The van der Waals surface area contributed by atoms with Crippen molar-refractivity contribution in [2.75, 3.05) is 12.9 Å². The van der Waals surface area contributed by atoms with E-state index < -0.39 is 0 Å². The van der Waals surface area contributed by atoms with Gasteiger partial charge in [-0.3, -0.25) is 4.79 Å². The highest BCUT2D eigenvalue weighted by Gasteiger charge is 2.11. The van der Waals surface area contributed by atoms with E-state index in [-0.39, 0.29) is 11.7 Å². The van der Waals surface area contributed by atoms with Crippen LogP contribution in [0.25, 0.3) is 0 Å². The van der Waals surface area contributed by atoms with Crippen LogP contribution in [0.4, 0.5) is 0 Å². The average molecular weight is 341 g/mol. The van der Waals surface area contributed by atoms with Crippen molar-refractivity contribution in [3.63, 3.8) is 0 Å². The highest BCUT2D eigenvalue weighted by atomic mass is 32.2. The second-order valence-electron chi connectivity index (χ2n) is 5.29. The summed E-state index contributed by atoms with van der Waals surface area (Å²) >= 11 is 1.28. The van der Waals surface area contributed by atoms with Crippen LogP contribution in [0.15, 0.2) is 35.4 Å². The zero-order valence-corrected chi connectivity index (χ0v) is 14.7. The van der Waals surface area contributed by atoms with Gasteiger partial charge < -0.3 is 10.1 Å². The van der Waals surface area contributed by atoms with Crippen molar-refractivity contribution < 1.29 is 9.53 Å². The van der Waals surface area contributed by atoms with E-state index in [0.29, 0.717) is 17.1 Å². The number of nitriles is 1. The van der Waals surface area contributed by atoms with E-state index >= 15 is 0 Å². The fourth-order valence-corrected chi connectivity index (χ4v) is 3.10. The predicted octanol–water partition coefficient (Wildman–Crippen LogP) is 2.99. The molecule has 0 spiro atoms. The molecule has 0 radical (unpaired) electrons. The normalized spacial score (nSPS) is 10.1. The monoisotopic (exact) mass is 341 g/mol. The lowest BCUT2D eigenvalue weighted by molar-refractivity contribution is -0.118. The number of hydrogen-bond donors (Lipinski definition) is 1. The minimum atomic E-state index is -0.0966. The molecule has 0 aliphatic rings. The van der Waals surface area contributed by atoms with Gasteiger partial charge in [0.05, 0.1) is 18.4 Å². The maximum absolute atomic E-state index is 12.0. The van der Waals surface area contributed by atoms with Crippen molar-refractivity contribution in [1.82, 2.24) is 10.3 Å². The van der Waals surface area contributed by atoms with E-state index in [4.69, 9.17) is 4.74 Å². The number of amides is 1. The summed E-state index contributed by atoms with van der Waals surface area (Å²) in [5.41, 5.74) is 3.25. The molecule has 124 valence electrons. The smallest absolute Gasteiger partial charge is 0.230 e. The number of ether oxygens (including phenoxy) is 1. The molecule has 0 unspecified atom stereocenters. The van der Waals surface area contributed by atoms with E-state index in [1.165, 1.54) is 11.8 Å². The number of methoxy groups -OCH3 is 1. The van der Waals surface area contributed by atoms with Crippen molar-refractivity contribution in [3.05, 3.63) is 52.7 Å². The molecule has 2 rings (SSSR count). The van der Waals surface area contributed by atoms with E-state index in [0.717, 1.165) is 22.6 Å². The van der Waals surface area contributed by atoms with E-state index in [2.05, 4.69) is 16.4 Å². The van der Waals surface area contributed by atoms with Crippen molar-refractivity contribution in [2.24, 2.45) is 0 Å². The zero-order valence-electron chi connectivity index (χ0n) is 13.9. The van der Waals surface area contributed by atoms with Crippen LogP contribution < -0.4 is 10.1 Å². The Labute approximate surface area is 146 Å². The van der Waals surface area contributed by atoms with Crippen molar-refractivity contribution in [3.8, 4) is 11.8 Å². The number of aryl methyl sites for hydroxylation is 2. The fraction of sp³-hybridized carbons (Fsp3) is 0.278. The Kier molecular flexibility index (Phi) is 6.21. The molecule has 2 aromatic rings. The summed E-state index contributed by atoms with van der Waals surface area (Å²) in [6, 6.07) is 11.6. The highest BCUT2D eigenvalue weighted by Crippen LogP contribution is 2.23. The summed E-state index contributed by atoms with van der Waals surface area (Å²) < 4.78 is 5.10. The van der Waals surface area contributed by atoms with Gasteiger partial charge in [-0.2, -0.15) is 5.26 Å². The van der Waals surface area contributed by atoms with Crippen molar-refractivity contribution in [2.45, 2.75) is 25.4 Å². The summed E-state index contributed by atoms with van der Waals surface area (Å²) in [4.78, 5) is 16.4. The lowest BCUT2D eigenvalue weighted by atomic mass is 10.1. The molecule has 0 fully saturated rings. The van der Waals surface area contributed by atoms with Gasteiger partial charge in [-0.15, -0.1) is 0 Å². The largest absolute Gasteiger partial charge is 0.497 e. The van der Waals surface area contributed by atoms with Crippen LogP contribution >= 0.6 is 11.8 Å². The predicted molar refractivity (Wildman–Crippen MR) is 94.0 cm³/mol. The average Bonchev–Trinajstić information content (AvgIpc) is 2.58. The number of hydrogen-bond acceptors (Lipinski definition) is 5. The molecule has 24 heavy (non-hydrogen) atoms. The lowest BCUT2D eigenvalue weighted by Crippen LogP contribution is -2.24. The van der Waals surface area contributed by atoms with Gasteiger partial charge in [0, 0.05) is 12.2 Å². The lowest BCUT2D eigenvalue weighted by Gasteiger charge is -2.08. The number of nitrogens with zero attached hydrogens (tertiary/aromatic N) is 2. The molecular formula is C18H19N3O2S. The molecule has 1 aromatic carbocycles. The van der Waals surface area contributed by atoms with Crippen LogP contribution in [0, 0.1) is 25.2 Å².